The normalized spacial score (nSPS) is 10.8. The van der Waals surface area contributed by atoms with Gasteiger partial charge in [-0.1, -0.05) is 17.3 Å². The number of benzene rings is 1. The van der Waals surface area contributed by atoms with E-state index in [2.05, 4.69) is 15.3 Å². The minimum Gasteiger partial charge on any atom is -0.226 e. The van der Waals surface area contributed by atoms with Crippen molar-refractivity contribution < 1.29 is 4.39 Å². The highest BCUT2D eigenvalue weighted by atomic mass is 19.1. The molecule has 78 valence electrons. The fourth-order valence-electron chi connectivity index (χ4n) is 1.55. The number of rotatable bonds is 1. The van der Waals surface area contributed by atoms with Gasteiger partial charge in [-0.3, -0.25) is 0 Å². The van der Waals surface area contributed by atoms with Gasteiger partial charge >= 0.3 is 0 Å². The zero-order chi connectivity index (χ0) is 11.0. The van der Waals surface area contributed by atoms with Crippen LogP contribution in [-0.2, 0) is 0 Å². The van der Waals surface area contributed by atoms with Crippen LogP contribution in [0, 0.1) is 5.95 Å². The SMILES string of the molecule is Fc1ccc(-n2nnc3ccccc32)cn1. The molecule has 2 heterocycles. The van der Waals surface area contributed by atoms with E-state index in [1.165, 1.54) is 12.3 Å². The van der Waals surface area contributed by atoms with E-state index in [1.54, 1.807) is 10.7 Å². The van der Waals surface area contributed by atoms with Crippen molar-refractivity contribution in [3.8, 4) is 5.69 Å². The van der Waals surface area contributed by atoms with E-state index >= 15 is 0 Å². The molecule has 0 radical (unpaired) electrons. The topological polar surface area (TPSA) is 43.6 Å². The smallest absolute Gasteiger partial charge is 0.212 e. The number of fused-ring (bicyclic) bond motifs is 1. The lowest BCUT2D eigenvalue weighted by molar-refractivity contribution is 0.582. The third kappa shape index (κ3) is 1.33. The van der Waals surface area contributed by atoms with Gasteiger partial charge in [0.25, 0.3) is 0 Å². The second kappa shape index (κ2) is 3.37. The van der Waals surface area contributed by atoms with Crippen molar-refractivity contribution in [2.24, 2.45) is 0 Å². The van der Waals surface area contributed by atoms with Crippen molar-refractivity contribution in [1.29, 1.82) is 0 Å². The Morgan fingerprint density at radius 1 is 1.06 bits per heavy atom. The van der Waals surface area contributed by atoms with E-state index in [-0.39, 0.29) is 0 Å². The average molecular weight is 214 g/mol. The van der Waals surface area contributed by atoms with Gasteiger partial charge in [-0.15, -0.1) is 5.10 Å². The molecule has 3 aromatic rings. The monoisotopic (exact) mass is 214 g/mol. The maximum atomic E-state index is 12.7. The van der Waals surface area contributed by atoms with Crippen LogP contribution in [0.2, 0.25) is 0 Å². The molecule has 5 heteroatoms. The fourth-order valence-corrected chi connectivity index (χ4v) is 1.55. The minimum atomic E-state index is -0.506. The van der Waals surface area contributed by atoms with Crippen LogP contribution in [0.5, 0.6) is 0 Å². The summed E-state index contributed by atoms with van der Waals surface area (Å²) in [7, 11) is 0. The second-order valence-electron chi connectivity index (χ2n) is 3.33. The van der Waals surface area contributed by atoms with Crippen LogP contribution >= 0.6 is 0 Å². The predicted molar refractivity (Wildman–Crippen MR) is 56.6 cm³/mol. The first-order valence-corrected chi connectivity index (χ1v) is 4.77. The summed E-state index contributed by atoms with van der Waals surface area (Å²) in [4.78, 5) is 3.59. The molecule has 0 N–H and O–H groups in total. The molecule has 0 amide bonds. The van der Waals surface area contributed by atoms with Crippen LogP contribution in [0.25, 0.3) is 16.7 Å². The molecule has 3 rings (SSSR count). The van der Waals surface area contributed by atoms with Gasteiger partial charge in [0.2, 0.25) is 5.95 Å². The van der Waals surface area contributed by atoms with Crippen LogP contribution in [0.1, 0.15) is 0 Å². The maximum absolute atomic E-state index is 12.7. The molecule has 0 unspecified atom stereocenters. The largest absolute Gasteiger partial charge is 0.226 e. The van der Waals surface area contributed by atoms with Gasteiger partial charge in [0.1, 0.15) is 5.52 Å². The number of pyridine rings is 1. The van der Waals surface area contributed by atoms with E-state index in [0.717, 1.165) is 11.0 Å². The number of para-hydroxylation sites is 1. The van der Waals surface area contributed by atoms with Crippen LogP contribution in [-0.4, -0.2) is 20.0 Å². The number of halogens is 1. The van der Waals surface area contributed by atoms with Crippen molar-refractivity contribution in [2.75, 3.05) is 0 Å². The Labute approximate surface area is 90.4 Å². The van der Waals surface area contributed by atoms with Gasteiger partial charge in [0, 0.05) is 0 Å². The third-order valence-corrected chi connectivity index (χ3v) is 2.31. The lowest BCUT2D eigenvalue weighted by Gasteiger charge is -2.00. The highest BCUT2D eigenvalue weighted by molar-refractivity contribution is 5.75. The Hall–Kier alpha value is -2.30. The first-order valence-electron chi connectivity index (χ1n) is 4.77. The number of aromatic nitrogens is 4. The molecule has 0 spiro atoms. The van der Waals surface area contributed by atoms with E-state index < -0.39 is 5.95 Å². The molecule has 2 aromatic heterocycles. The molecular formula is C11H7FN4. The van der Waals surface area contributed by atoms with Gasteiger partial charge in [0.15, 0.2) is 0 Å². The highest BCUT2D eigenvalue weighted by Crippen LogP contribution is 2.14. The van der Waals surface area contributed by atoms with Crippen molar-refractivity contribution in [2.45, 2.75) is 0 Å². The van der Waals surface area contributed by atoms with Crippen molar-refractivity contribution >= 4 is 11.0 Å². The molecule has 4 nitrogen and oxygen atoms in total. The van der Waals surface area contributed by atoms with Crippen LogP contribution in [0.4, 0.5) is 4.39 Å². The van der Waals surface area contributed by atoms with Gasteiger partial charge in [-0.2, -0.15) is 4.39 Å². The zero-order valence-electron chi connectivity index (χ0n) is 8.21. The molecular weight excluding hydrogens is 207 g/mol. The average Bonchev–Trinajstić information content (AvgIpc) is 2.74. The number of nitrogens with zero attached hydrogens (tertiary/aromatic N) is 4. The van der Waals surface area contributed by atoms with Gasteiger partial charge in [0.05, 0.1) is 17.4 Å². The highest BCUT2D eigenvalue weighted by Gasteiger charge is 2.05. The zero-order valence-corrected chi connectivity index (χ0v) is 8.21. The quantitative estimate of drug-likeness (QED) is 0.581. The standard InChI is InChI=1S/C11H7FN4/c12-11-6-5-8(7-13-11)16-10-4-2-1-3-9(10)14-15-16/h1-7H. The summed E-state index contributed by atoms with van der Waals surface area (Å²) >= 11 is 0. The van der Waals surface area contributed by atoms with Crippen LogP contribution in [0.15, 0.2) is 42.6 Å². The Bertz CT molecular complexity index is 630. The van der Waals surface area contributed by atoms with Gasteiger partial charge in [-0.05, 0) is 24.3 Å². The van der Waals surface area contributed by atoms with Gasteiger partial charge < -0.3 is 0 Å². The molecule has 0 bridgehead atoms. The Kier molecular flexibility index (Phi) is 1.89. The Morgan fingerprint density at radius 3 is 2.75 bits per heavy atom. The Morgan fingerprint density at radius 2 is 1.94 bits per heavy atom. The fraction of sp³-hybridized carbons (Fsp3) is 0. The van der Waals surface area contributed by atoms with E-state index in [9.17, 15) is 4.39 Å². The third-order valence-electron chi connectivity index (χ3n) is 2.31. The molecule has 0 fully saturated rings. The number of hydrogen-bond acceptors (Lipinski definition) is 3. The first kappa shape index (κ1) is 8.96. The summed E-state index contributed by atoms with van der Waals surface area (Å²) in [5, 5.41) is 8.01. The van der Waals surface area contributed by atoms with Gasteiger partial charge in [-0.25, -0.2) is 9.67 Å². The van der Waals surface area contributed by atoms with Crippen LogP contribution < -0.4 is 0 Å². The molecule has 1 aromatic carbocycles. The molecule has 0 saturated heterocycles. The lowest BCUT2D eigenvalue weighted by atomic mass is 10.3. The van der Waals surface area contributed by atoms with Crippen molar-refractivity contribution in [3.63, 3.8) is 0 Å². The van der Waals surface area contributed by atoms with E-state index in [4.69, 9.17) is 0 Å². The second-order valence-corrected chi connectivity index (χ2v) is 3.33. The summed E-state index contributed by atoms with van der Waals surface area (Å²) in [5.41, 5.74) is 2.36. The summed E-state index contributed by atoms with van der Waals surface area (Å²) < 4.78 is 14.3. The molecule has 0 aliphatic rings. The first-order chi connectivity index (χ1) is 7.84. The predicted octanol–water partition coefficient (Wildman–Crippen LogP) is 1.95. The van der Waals surface area contributed by atoms with E-state index in [1.807, 2.05) is 24.3 Å². The molecule has 0 aliphatic carbocycles. The van der Waals surface area contributed by atoms with Crippen molar-refractivity contribution in [3.05, 3.63) is 48.5 Å². The summed E-state index contributed by atoms with van der Waals surface area (Å²) in [6, 6.07) is 10.5. The minimum absolute atomic E-state index is 0.506. The number of hydrogen-bond donors (Lipinski definition) is 0. The summed E-state index contributed by atoms with van der Waals surface area (Å²) in [6.45, 7) is 0. The van der Waals surface area contributed by atoms with Crippen molar-refractivity contribution in [1.82, 2.24) is 20.0 Å². The molecule has 0 saturated carbocycles. The molecule has 0 aliphatic heterocycles. The van der Waals surface area contributed by atoms with E-state index in [0.29, 0.717) is 5.69 Å². The summed E-state index contributed by atoms with van der Waals surface area (Å²) in [6.07, 6.45) is 1.43. The molecule has 0 atom stereocenters. The lowest BCUT2D eigenvalue weighted by Crippen LogP contribution is -1.97. The summed E-state index contributed by atoms with van der Waals surface area (Å²) in [5.74, 6) is -0.506. The van der Waals surface area contributed by atoms with Crippen LogP contribution in [0.3, 0.4) is 0 Å². The maximum Gasteiger partial charge on any atom is 0.212 e. The Balaban J connectivity index is 2.22. The molecule has 16 heavy (non-hydrogen) atoms.